The molecular formula is C32H32ClFN10O4. The molecule has 1 aliphatic carbocycles. The number of hydrogen-bond acceptors (Lipinski definition) is 9. The van der Waals surface area contributed by atoms with Gasteiger partial charge in [-0.2, -0.15) is 5.10 Å². The smallest absolute Gasteiger partial charge is 0.263 e. The van der Waals surface area contributed by atoms with Crippen molar-refractivity contribution in [2.75, 3.05) is 36.9 Å². The minimum atomic E-state index is -1.33. The molecule has 248 valence electrons. The molecule has 2 aliphatic rings. The lowest BCUT2D eigenvalue weighted by Gasteiger charge is -2.39. The van der Waals surface area contributed by atoms with Crippen molar-refractivity contribution in [3.63, 3.8) is 0 Å². The van der Waals surface area contributed by atoms with Crippen LogP contribution in [0, 0.1) is 11.8 Å². The minimum absolute atomic E-state index is 0.0170. The van der Waals surface area contributed by atoms with Crippen molar-refractivity contribution in [1.82, 2.24) is 33.8 Å². The standard InChI is InChI=1S/C32H32ClFN10O4/c1-18-13-40(2)7-8-44(18)25-10-24(23(33)12-36-25)39-26(45)16-43-15-22(20-9-21(30(35)47)29(46)28(20)34)27-31(43)37-17-42(32(27)48)6-4-5-19-11-38-41(3)14-19/h9-12,14-15,17-18,20,46H,6-8,13,16H2,1-3H3,(H2,35,47)(H,36,39,45)/t18-,20?/m0/s1. The van der Waals surface area contributed by atoms with Gasteiger partial charge < -0.3 is 30.5 Å². The SMILES string of the molecule is C[C@H]1CN(C)CCN1c1cc(NC(=O)Cn2cc(C3C=C(C(N)=O)C(O)=C3F)c3c(=O)n(CC#Cc4cnn(C)c4)cnc32)c(Cl)cn1. The first-order valence-corrected chi connectivity index (χ1v) is 15.4. The number of nitrogens with two attached hydrogens (primary N) is 1. The van der Waals surface area contributed by atoms with Crippen LogP contribution >= 0.6 is 11.6 Å². The van der Waals surface area contributed by atoms with Gasteiger partial charge >= 0.3 is 0 Å². The molecule has 16 heteroatoms. The Morgan fingerprint density at radius 2 is 1.98 bits per heavy atom. The maximum absolute atomic E-state index is 15.4. The fourth-order valence-corrected chi connectivity index (χ4v) is 6.10. The van der Waals surface area contributed by atoms with E-state index in [0.29, 0.717) is 17.1 Å². The molecule has 48 heavy (non-hydrogen) atoms. The van der Waals surface area contributed by atoms with Gasteiger partial charge in [0.05, 0.1) is 52.1 Å². The number of aliphatic hydroxyl groups is 1. The van der Waals surface area contributed by atoms with Gasteiger partial charge in [0, 0.05) is 51.2 Å². The number of nitrogens with zero attached hydrogens (tertiary/aromatic N) is 8. The summed E-state index contributed by atoms with van der Waals surface area (Å²) in [5.41, 5.74) is 5.53. The number of nitrogens with one attached hydrogen (secondary N) is 1. The number of carbonyl (C=O) groups excluding carboxylic acids is 2. The maximum Gasteiger partial charge on any atom is 0.263 e. The van der Waals surface area contributed by atoms with Crippen molar-refractivity contribution in [1.29, 1.82) is 0 Å². The molecule has 0 bridgehead atoms. The van der Waals surface area contributed by atoms with Gasteiger partial charge in [0.15, 0.2) is 11.6 Å². The van der Waals surface area contributed by atoms with E-state index in [0.717, 1.165) is 25.7 Å². The monoisotopic (exact) mass is 674 g/mol. The minimum Gasteiger partial charge on any atom is -0.504 e. The molecule has 4 aromatic rings. The Morgan fingerprint density at radius 1 is 1.19 bits per heavy atom. The summed E-state index contributed by atoms with van der Waals surface area (Å²) in [4.78, 5) is 52.4. The fraction of sp³-hybridized carbons (Fsp3) is 0.312. The van der Waals surface area contributed by atoms with Crippen molar-refractivity contribution in [2.24, 2.45) is 12.8 Å². The first kappa shape index (κ1) is 32.5. The third-order valence-corrected chi connectivity index (χ3v) is 8.60. The van der Waals surface area contributed by atoms with Gasteiger partial charge in [0.25, 0.3) is 11.5 Å². The fourth-order valence-electron chi connectivity index (χ4n) is 5.95. The Balaban J connectivity index is 1.33. The first-order valence-electron chi connectivity index (χ1n) is 15.0. The molecule has 4 aromatic heterocycles. The van der Waals surface area contributed by atoms with E-state index in [2.05, 4.69) is 56.0 Å². The highest BCUT2D eigenvalue weighted by Gasteiger charge is 2.34. The van der Waals surface area contributed by atoms with E-state index < -0.39 is 40.5 Å². The highest BCUT2D eigenvalue weighted by atomic mass is 35.5. The van der Waals surface area contributed by atoms with Crippen LogP contribution in [-0.2, 0) is 29.7 Å². The van der Waals surface area contributed by atoms with Crippen LogP contribution in [-0.4, -0.2) is 83.4 Å². The van der Waals surface area contributed by atoms with Crippen LogP contribution in [0.3, 0.4) is 0 Å². The normalized spacial score (nSPS) is 18.2. The van der Waals surface area contributed by atoms with Crippen molar-refractivity contribution in [3.05, 3.63) is 86.9 Å². The summed E-state index contributed by atoms with van der Waals surface area (Å²) in [6.07, 6.45) is 8.60. The summed E-state index contributed by atoms with van der Waals surface area (Å²) in [5.74, 6) is 1.65. The molecular weight excluding hydrogens is 643 g/mol. The Hall–Kier alpha value is -5.46. The highest BCUT2D eigenvalue weighted by Crippen LogP contribution is 2.40. The third kappa shape index (κ3) is 6.27. The van der Waals surface area contributed by atoms with E-state index in [9.17, 15) is 19.5 Å². The van der Waals surface area contributed by atoms with Crippen LogP contribution in [0.25, 0.3) is 11.0 Å². The van der Waals surface area contributed by atoms with Crippen molar-refractivity contribution >= 4 is 46.0 Å². The molecule has 14 nitrogen and oxygen atoms in total. The second-order valence-corrected chi connectivity index (χ2v) is 12.2. The Bertz CT molecular complexity index is 2140. The number of aromatic nitrogens is 6. The number of fused-ring (bicyclic) bond motifs is 1. The molecule has 0 saturated carbocycles. The molecule has 5 heterocycles. The zero-order chi connectivity index (χ0) is 34.3. The molecule has 1 saturated heterocycles. The number of halogens is 2. The molecule has 4 N–H and O–H groups in total. The van der Waals surface area contributed by atoms with Gasteiger partial charge in [-0.15, -0.1) is 0 Å². The molecule has 0 spiro atoms. The number of hydrogen-bond donors (Lipinski definition) is 3. The lowest BCUT2D eigenvalue weighted by atomic mass is 10.0. The molecule has 1 fully saturated rings. The first-order chi connectivity index (χ1) is 22.9. The third-order valence-electron chi connectivity index (χ3n) is 8.30. The molecule has 6 rings (SSSR count). The number of primary amides is 1. The number of anilines is 2. The zero-order valence-electron chi connectivity index (χ0n) is 26.3. The number of aryl methyl sites for hydroxylation is 1. The van der Waals surface area contributed by atoms with E-state index >= 15 is 4.39 Å². The molecule has 0 radical (unpaired) electrons. The van der Waals surface area contributed by atoms with Crippen LogP contribution in [0.15, 0.2) is 65.2 Å². The average molecular weight is 675 g/mol. The second kappa shape index (κ2) is 13.0. The summed E-state index contributed by atoms with van der Waals surface area (Å²) in [5, 5.41) is 17.4. The van der Waals surface area contributed by atoms with E-state index in [-0.39, 0.29) is 40.8 Å². The lowest BCUT2D eigenvalue weighted by molar-refractivity contribution is -0.117. The quantitative estimate of drug-likeness (QED) is 0.249. The van der Waals surface area contributed by atoms with Gasteiger partial charge in [0.1, 0.15) is 24.3 Å². The van der Waals surface area contributed by atoms with E-state index in [1.165, 1.54) is 27.9 Å². The zero-order valence-corrected chi connectivity index (χ0v) is 27.1. The summed E-state index contributed by atoms with van der Waals surface area (Å²) in [6, 6.07) is 1.90. The van der Waals surface area contributed by atoms with Gasteiger partial charge in [0.2, 0.25) is 5.91 Å². The van der Waals surface area contributed by atoms with Crippen LogP contribution in [0.5, 0.6) is 0 Å². The average Bonchev–Trinajstić information content (AvgIpc) is 3.70. The predicted molar refractivity (Wildman–Crippen MR) is 177 cm³/mol. The number of piperazine rings is 1. The molecule has 1 unspecified atom stereocenters. The predicted octanol–water partition coefficient (Wildman–Crippen LogP) is 2.06. The number of allylic oxidation sites excluding steroid dienone is 2. The number of amides is 2. The van der Waals surface area contributed by atoms with Gasteiger partial charge in [-0.05, 0) is 19.5 Å². The van der Waals surface area contributed by atoms with E-state index in [1.54, 1.807) is 30.2 Å². The number of likely N-dealkylation sites (N-methyl/N-ethyl adjacent to an activating group) is 1. The van der Waals surface area contributed by atoms with Crippen LogP contribution in [0.4, 0.5) is 15.9 Å². The number of carbonyl (C=O) groups is 2. The summed E-state index contributed by atoms with van der Waals surface area (Å²) in [7, 11) is 3.81. The number of rotatable bonds is 7. The highest BCUT2D eigenvalue weighted by molar-refractivity contribution is 6.33. The van der Waals surface area contributed by atoms with Crippen molar-refractivity contribution < 1.29 is 19.1 Å². The molecule has 1 aliphatic heterocycles. The van der Waals surface area contributed by atoms with Gasteiger partial charge in [-0.1, -0.05) is 29.5 Å². The molecule has 2 atom stereocenters. The largest absolute Gasteiger partial charge is 0.504 e. The van der Waals surface area contributed by atoms with Crippen LogP contribution in [0.1, 0.15) is 24.0 Å². The van der Waals surface area contributed by atoms with Gasteiger partial charge in [-0.3, -0.25) is 23.6 Å². The summed E-state index contributed by atoms with van der Waals surface area (Å²) in [6.45, 7) is 4.18. The van der Waals surface area contributed by atoms with Crippen LogP contribution < -0.4 is 21.5 Å². The van der Waals surface area contributed by atoms with Crippen LogP contribution in [0.2, 0.25) is 5.02 Å². The maximum atomic E-state index is 15.4. The second-order valence-electron chi connectivity index (χ2n) is 11.8. The van der Waals surface area contributed by atoms with E-state index in [1.807, 2.05) is 0 Å². The summed E-state index contributed by atoms with van der Waals surface area (Å²) < 4.78 is 19.6. The van der Waals surface area contributed by atoms with E-state index in [4.69, 9.17) is 17.3 Å². The Labute approximate surface area is 278 Å². The number of pyridine rings is 1. The molecule has 2 amide bonds. The Kier molecular flexibility index (Phi) is 8.78. The summed E-state index contributed by atoms with van der Waals surface area (Å²) >= 11 is 6.42. The van der Waals surface area contributed by atoms with Gasteiger partial charge in [-0.25, -0.2) is 14.4 Å². The number of aliphatic hydroxyl groups excluding tert-OH is 1. The lowest BCUT2D eigenvalue weighted by Crippen LogP contribution is -2.50. The van der Waals surface area contributed by atoms with Crippen molar-refractivity contribution in [2.45, 2.75) is 32.0 Å². The topological polar surface area (TPSA) is 169 Å². The Morgan fingerprint density at radius 3 is 2.67 bits per heavy atom. The molecule has 0 aromatic carbocycles. The van der Waals surface area contributed by atoms with Crippen molar-refractivity contribution in [3.8, 4) is 11.8 Å².